The van der Waals surface area contributed by atoms with E-state index in [1.807, 2.05) is 6.07 Å². The van der Waals surface area contributed by atoms with E-state index in [4.69, 9.17) is 4.74 Å². The molecule has 144 valence electrons. The first kappa shape index (κ1) is 21.1. The van der Waals surface area contributed by atoms with Crippen molar-refractivity contribution in [2.45, 2.75) is 19.5 Å². The molecule has 0 aliphatic carbocycles. The van der Waals surface area contributed by atoms with Crippen molar-refractivity contribution >= 4 is 50.7 Å². The smallest absolute Gasteiger partial charge is 0.262 e. The first-order valence-electron chi connectivity index (χ1n) is 8.10. The largest absolute Gasteiger partial charge is 0.375 e. The Morgan fingerprint density at radius 2 is 2.00 bits per heavy atom. The highest BCUT2D eigenvalue weighted by Gasteiger charge is 2.17. The van der Waals surface area contributed by atoms with Gasteiger partial charge in [0.2, 0.25) is 11.8 Å². The highest BCUT2D eigenvalue weighted by Crippen LogP contribution is 2.21. The molecule has 0 radical (unpaired) electrons. The minimum atomic E-state index is -0.678. The van der Waals surface area contributed by atoms with Crippen LogP contribution in [0.2, 0.25) is 0 Å². The molecule has 0 spiro atoms. The molecule has 3 amide bonds. The summed E-state index contributed by atoms with van der Waals surface area (Å²) in [5.74, 6) is -0.848. The third-order valence-corrected chi connectivity index (χ3v) is 5.11. The third-order valence-electron chi connectivity index (χ3n) is 3.49. The highest BCUT2D eigenvalue weighted by molar-refractivity contribution is 9.11. The SMILES string of the molecule is COCC(=O)Nc1cccc(CNC(=O)C(C)NC(=O)c2ccc(Br)s2)c1. The highest BCUT2D eigenvalue weighted by atomic mass is 79.9. The minimum absolute atomic E-state index is 0.0288. The Morgan fingerprint density at radius 1 is 1.22 bits per heavy atom. The predicted molar refractivity (Wildman–Crippen MR) is 108 cm³/mol. The average Bonchev–Trinajstić information content (AvgIpc) is 3.06. The van der Waals surface area contributed by atoms with Crippen molar-refractivity contribution in [1.82, 2.24) is 10.6 Å². The summed E-state index contributed by atoms with van der Waals surface area (Å²) in [4.78, 5) is 36.4. The second kappa shape index (κ2) is 10.2. The normalized spacial score (nSPS) is 11.5. The Hall–Kier alpha value is -2.23. The van der Waals surface area contributed by atoms with E-state index in [9.17, 15) is 14.4 Å². The number of nitrogens with one attached hydrogen (secondary N) is 3. The molecule has 2 aromatic rings. The summed E-state index contributed by atoms with van der Waals surface area (Å²) in [6, 6.07) is 9.92. The summed E-state index contributed by atoms with van der Waals surface area (Å²) in [7, 11) is 1.45. The van der Waals surface area contributed by atoms with Crippen LogP contribution in [-0.4, -0.2) is 37.5 Å². The molecule has 2 rings (SSSR count). The number of hydrogen-bond donors (Lipinski definition) is 3. The van der Waals surface area contributed by atoms with Crippen LogP contribution in [0.4, 0.5) is 5.69 Å². The van der Waals surface area contributed by atoms with Gasteiger partial charge >= 0.3 is 0 Å². The van der Waals surface area contributed by atoms with Gasteiger partial charge in [-0.3, -0.25) is 14.4 Å². The van der Waals surface area contributed by atoms with E-state index in [0.717, 1.165) is 9.35 Å². The molecule has 3 N–H and O–H groups in total. The molecule has 1 atom stereocenters. The van der Waals surface area contributed by atoms with Gasteiger partial charge in [-0.15, -0.1) is 11.3 Å². The molecule has 1 heterocycles. The molecule has 7 nitrogen and oxygen atoms in total. The summed E-state index contributed by atoms with van der Waals surface area (Å²) in [6.45, 7) is 1.87. The van der Waals surface area contributed by atoms with Crippen LogP contribution in [0.15, 0.2) is 40.2 Å². The van der Waals surface area contributed by atoms with Gasteiger partial charge in [0.1, 0.15) is 12.6 Å². The second-order valence-electron chi connectivity index (χ2n) is 5.70. The molecule has 1 aromatic carbocycles. The fraction of sp³-hybridized carbons (Fsp3) is 0.278. The number of thiophene rings is 1. The quantitative estimate of drug-likeness (QED) is 0.571. The van der Waals surface area contributed by atoms with Crippen molar-refractivity contribution in [2.24, 2.45) is 0 Å². The van der Waals surface area contributed by atoms with Crippen LogP contribution >= 0.6 is 27.3 Å². The summed E-state index contributed by atoms with van der Waals surface area (Å²) in [6.07, 6.45) is 0. The molecule has 0 fully saturated rings. The summed E-state index contributed by atoms with van der Waals surface area (Å²) >= 11 is 4.60. The van der Waals surface area contributed by atoms with E-state index in [1.54, 1.807) is 37.3 Å². The van der Waals surface area contributed by atoms with Crippen molar-refractivity contribution in [2.75, 3.05) is 19.0 Å². The number of benzene rings is 1. The molecule has 27 heavy (non-hydrogen) atoms. The molecule has 0 aliphatic rings. The van der Waals surface area contributed by atoms with Crippen molar-refractivity contribution in [3.05, 3.63) is 50.6 Å². The Bertz CT molecular complexity index is 824. The van der Waals surface area contributed by atoms with Crippen LogP contribution in [-0.2, 0) is 20.9 Å². The maximum atomic E-state index is 12.2. The lowest BCUT2D eigenvalue weighted by atomic mass is 10.2. The van der Waals surface area contributed by atoms with E-state index < -0.39 is 6.04 Å². The Morgan fingerprint density at radius 3 is 2.67 bits per heavy atom. The fourth-order valence-corrected chi connectivity index (χ4v) is 3.49. The van der Waals surface area contributed by atoms with Crippen LogP contribution in [0, 0.1) is 0 Å². The number of methoxy groups -OCH3 is 1. The zero-order valence-corrected chi connectivity index (χ0v) is 17.3. The average molecular weight is 454 g/mol. The molecular formula is C18H20BrN3O4S. The molecular weight excluding hydrogens is 434 g/mol. The van der Waals surface area contributed by atoms with Gasteiger partial charge in [-0.05, 0) is 52.7 Å². The molecule has 0 saturated heterocycles. The number of amides is 3. The van der Waals surface area contributed by atoms with Gasteiger partial charge < -0.3 is 20.7 Å². The van der Waals surface area contributed by atoms with Crippen LogP contribution < -0.4 is 16.0 Å². The van der Waals surface area contributed by atoms with Gasteiger partial charge in [-0.25, -0.2) is 0 Å². The molecule has 0 saturated carbocycles. The van der Waals surface area contributed by atoms with Gasteiger partial charge in [0.15, 0.2) is 0 Å². The lowest BCUT2D eigenvalue weighted by Crippen LogP contribution is -2.44. The van der Waals surface area contributed by atoms with Crippen molar-refractivity contribution in [3.8, 4) is 0 Å². The zero-order valence-electron chi connectivity index (χ0n) is 14.9. The molecule has 9 heteroatoms. The summed E-state index contributed by atoms with van der Waals surface area (Å²) in [5, 5.41) is 8.14. The number of rotatable bonds is 8. The van der Waals surface area contributed by atoms with E-state index in [2.05, 4.69) is 31.9 Å². The van der Waals surface area contributed by atoms with Gasteiger partial charge in [-0.1, -0.05) is 12.1 Å². The van der Waals surface area contributed by atoms with Crippen LogP contribution in [0.5, 0.6) is 0 Å². The second-order valence-corrected chi connectivity index (χ2v) is 8.16. The number of carbonyl (C=O) groups excluding carboxylic acids is 3. The number of hydrogen-bond acceptors (Lipinski definition) is 5. The molecule has 1 unspecified atom stereocenters. The Labute approximate surface area is 169 Å². The monoisotopic (exact) mass is 453 g/mol. The Kier molecular flexibility index (Phi) is 7.96. The van der Waals surface area contributed by atoms with E-state index in [-0.39, 0.29) is 30.9 Å². The van der Waals surface area contributed by atoms with E-state index >= 15 is 0 Å². The summed E-state index contributed by atoms with van der Waals surface area (Å²) in [5.41, 5.74) is 1.44. The topological polar surface area (TPSA) is 96.5 Å². The zero-order chi connectivity index (χ0) is 19.8. The maximum absolute atomic E-state index is 12.2. The molecule has 0 aliphatic heterocycles. The molecule has 1 aromatic heterocycles. The van der Waals surface area contributed by atoms with Gasteiger partial charge in [-0.2, -0.15) is 0 Å². The van der Waals surface area contributed by atoms with E-state index in [1.165, 1.54) is 18.4 Å². The maximum Gasteiger partial charge on any atom is 0.262 e. The first-order chi connectivity index (χ1) is 12.9. The van der Waals surface area contributed by atoms with Gasteiger partial charge in [0.05, 0.1) is 8.66 Å². The lowest BCUT2D eigenvalue weighted by Gasteiger charge is -2.14. The number of halogens is 1. The number of carbonyl (C=O) groups is 3. The van der Waals surface area contributed by atoms with Crippen molar-refractivity contribution in [1.29, 1.82) is 0 Å². The minimum Gasteiger partial charge on any atom is -0.375 e. The Balaban J connectivity index is 1.85. The van der Waals surface area contributed by atoms with Gasteiger partial charge in [0, 0.05) is 19.3 Å². The first-order valence-corrected chi connectivity index (χ1v) is 9.71. The fourth-order valence-electron chi connectivity index (χ4n) is 2.20. The van der Waals surface area contributed by atoms with Crippen LogP contribution in [0.3, 0.4) is 0 Å². The van der Waals surface area contributed by atoms with Crippen LogP contribution in [0.25, 0.3) is 0 Å². The summed E-state index contributed by atoms with van der Waals surface area (Å²) < 4.78 is 5.62. The van der Waals surface area contributed by atoms with Crippen molar-refractivity contribution < 1.29 is 19.1 Å². The predicted octanol–water partition coefficient (Wildman–Crippen LogP) is 2.53. The number of anilines is 1. The standard InChI is InChI=1S/C18H20BrN3O4S/c1-11(21-18(25)14-6-7-15(19)27-14)17(24)20-9-12-4-3-5-13(8-12)22-16(23)10-26-2/h3-8,11H,9-10H2,1-2H3,(H,20,24)(H,21,25)(H,22,23). The molecule has 0 bridgehead atoms. The van der Waals surface area contributed by atoms with Crippen LogP contribution in [0.1, 0.15) is 22.2 Å². The third kappa shape index (κ3) is 6.78. The van der Waals surface area contributed by atoms with E-state index in [0.29, 0.717) is 10.6 Å². The van der Waals surface area contributed by atoms with Gasteiger partial charge in [0.25, 0.3) is 5.91 Å². The number of ether oxygens (including phenoxy) is 1. The lowest BCUT2D eigenvalue weighted by molar-refractivity contribution is -0.122. The van der Waals surface area contributed by atoms with Crippen molar-refractivity contribution in [3.63, 3.8) is 0 Å².